The lowest BCUT2D eigenvalue weighted by Crippen LogP contribution is -2.43. The molecule has 3 atom stereocenters. The predicted molar refractivity (Wildman–Crippen MR) is 72.2 cm³/mol. The first-order valence-electron chi connectivity index (χ1n) is 7.66. The molecule has 2 rings (SSSR count). The van der Waals surface area contributed by atoms with Crippen LogP contribution in [0.1, 0.15) is 58.8 Å². The van der Waals surface area contributed by atoms with Gasteiger partial charge in [0.2, 0.25) is 0 Å². The van der Waals surface area contributed by atoms with E-state index >= 15 is 0 Å². The van der Waals surface area contributed by atoms with Gasteiger partial charge in [0.05, 0.1) is 6.10 Å². The molecule has 0 spiro atoms. The average molecular weight is 239 g/mol. The van der Waals surface area contributed by atoms with Crippen molar-refractivity contribution in [2.45, 2.75) is 70.9 Å². The predicted octanol–water partition coefficient (Wildman–Crippen LogP) is 3.36. The smallest absolute Gasteiger partial charge is 0.0754 e. The van der Waals surface area contributed by atoms with Crippen molar-refractivity contribution >= 4 is 0 Å². The van der Waals surface area contributed by atoms with Gasteiger partial charge in [0, 0.05) is 12.6 Å². The van der Waals surface area contributed by atoms with Gasteiger partial charge in [0.15, 0.2) is 0 Å². The summed E-state index contributed by atoms with van der Waals surface area (Å²) in [5.74, 6) is 1.70. The van der Waals surface area contributed by atoms with Crippen LogP contribution in [0.25, 0.3) is 0 Å². The van der Waals surface area contributed by atoms with Crippen molar-refractivity contribution in [2.24, 2.45) is 11.8 Å². The first-order chi connectivity index (χ1) is 8.31. The van der Waals surface area contributed by atoms with Crippen molar-refractivity contribution in [1.82, 2.24) is 5.32 Å². The number of hydrogen-bond donors (Lipinski definition) is 1. The van der Waals surface area contributed by atoms with E-state index in [2.05, 4.69) is 19.2 Å². The Hall–Kier alpha value is -0.0800. The zero-order valence-corrected chi connectivity index (χ0v) is 11.6. The second-order valence-electron chi connectivity index (χ2n) is 6.05. The zero-order chi connectivity index (χ0) is 12.1. The Labute approximate surface area is 107 Å². The largest absolute Gasteiger partial charge is 0.376 e. The Morgan fingerprint density at radius 1 is 1.24 bits per heavy atom. The third-order valence-electron chi connectivity index (χ3n) is 4.56. The number of hydrogen-bond acceptors (Lipinski definition) is 2. The van der Waals surface area contributed by atoms with E-state index < -0.39 is 0 Å². The first kappa shape index (κ1) is 13.4. The van der Waals surface area contributed by atoms with Crippen LogP contribution in [0.5, 0.6) is 0 Å². The molecule has 0 aromatic heterocycles. The van der Waals surface area contributed by atoms with E-state index in [0.29, 0.717) is 12.1 Å². The Bertz CT molecular complexity index is 213. The minimum Gasteiger partial charge on any atom is -0.376 e. The summed E-state index contributed by atoms with van der Waals surface area (Å²) in [6.07, 6.45) is 10.1. The quantitative estimate of drug-likeness (QED) is 0.767. The molecule has 2 aliphatic rings. The van der Waals surface area contributed by atoms with Gasteiger partial charge in [-0.05, 0) is 37.6 Å². The molecule has 0 aromatic rings. The van der Waals surface area contributed by atoms with Crippen molar-refractivity contribution in [3.05, 3.63) is 0 Å². The molecule has 2 nitrogen and oxygen atoms in total. The third kappa shape index (κ3) is 3.69. The number of rotatable bonds is 6. The molecule has 0 aromatic carbocycles. The van der Waals surface area contributed by atoms with Crippen LogP contribution in [0.4, 0.5) is 0 Å². The molecule has 1 heterocycles. The Morgan fingerprint density at radius 3 is 2.59 bits per heavy atom. The van der Waals surface area contributed by atoms with E-state index in [1.807, 2.05) is 0 Å². The number of nitrogens with one attached hydrogen (secondary N) is 1. The number of ether oxygens (including phenoxy) is 1. The highest BCUT2D eigenvalue weighted by Crippen LogP contribution is 2.32. The molecular weight excluding hydrogens is 210 g/mol. The summed E-state index contributed by atoms with van der Waals surface area (Å²) in [4.78, 5) is 0. The van der Waals surface area contributed by atoms with Crippen LogP contribution >= 0.6 is 0 Å². The van der Waals surface area contributed by atoms with Gasteiger partial charge in [0.1, 0.15) is 0 Å². The Balaban J connectivity index is 1.86. The van der Waals surface area contributed by atoms with E-state index in [1.165, 1.54) is 44.9 Å². The molecule has 0 amide bonds. The maximum absolute atomic E-state index is 5.97. The summed E-state index contributed by atoms with van der Waals surface area (Å²) in [6, 6.07) is 0.607. The molecule has 1 saturated carbocycles. The van der Waals surface area contributed by atoms with Crippen LogP contribution in [-0.2, 0) is 4.74 Å². The SMILES string of the molecule is CCCNC(CC1CCCC1)C1OCCC1C. The van der Waals surface area contributed by atoms with E-state index in [0.717, 1.165) is 25.0 Å². The summed E-state index contributed by atoms with van der Waals surface area (Å²) < 4.78 is 5.97. The van der Waals surface area contributed by atoms with Crippen LogP contribution in [-0.4, -0.2) is 25.3 Å². The van der Waals surface area contributed by atoms with Crippen LogP contribution in [0.2, 0.25) is 0 Å². The van der Waals surface area contributed by atoms with E-state index in [-0.39, 0.29) is 0 Å². The third-order valence-corrected chi connectivity index (χ3v) is 4.56. The maximum atomic E-state index is 5.97. The van der Waals surface area contributed by atoms with E-state index in [9.17, 15) is 0 Å². The average Bonchev–Trinajstić information content (AvgIpc) is 2.95. The van der Waals surface area contributed by atoms with Gasteiger partial charge in [-0.1, -0.05) is 39.5 Å². The lowest BCUT2D eigenvalue weighted by Gasteiger charge is -2.29. The van der Waals surface area contributed by atoms with Crippen molar-refractivity contribution in [3.8, 4) is 0 Å². The van der Waals surface area contributed by atoms with Crippen LogP contribution in [0.15, 0.2) is 0 Å². The van der Waals surface area contributed by atoms with Gasteiger partial charge >= 0.3 is 0 Å². The molecule has 0 radical (unpaired) electrons. The van der Waals surface area contributed by atoms with Crippen LogP contribution < -0.4 is 5.32 Å². The van der Waals surface area contributed by atoms with Gasteiger partial charge in [-0.25, -0.2) is 0 Å². The summed E-state index contributed by atoms with van der Waals surface area (Å²) in [5, 5.41) is 3.74. The standard InChI is InChI=1S/C15H29NO/c1-3-9-16-14(11-13-6-4-5-7-13)15-12(2)8-10-17-15/h12-16H,3-11H2,1-2H3. The second kappa shape index (κ2) is 6.75. The highest BCUT2D eigenvalue weighted by molar-refractivity contribution is 4.87. The highest BCUT2D eigenvalue weighted by atomic mass is 16.5. The van der Waals surface area contributed by atoms with Gasteiger partial charge < -0.3 is 10.1 Å². The highest BCUT2D eigenvalue weighted by Gasteiger charge is 2.33. The van der Waals surface area contributed by atoms with Crippen molar-refractivity contribution < 1.29 is 4.74 Å². The van der Waals surface area contributed by atoms with Crippen molar-refractivity contribution in [2.75, 3.05) is 13.2 Å². The fraction of sp³-hybridized carbons (Fsp3) is 1.00. The van der Waals surface area contributed by atoms with Gasteiger partial charge in [-0.15, -0.1) is 0 Å². The van der Waals surface area contributed by atoms with Crippen molar-refractivity contribution in [1.29, 1.82) is 0 Å². The molecule has 3 unspecified atom stereocenters. The lowest BCUT2D eigenvalue weighted by atomic mass is 9.89. The fourth-order valence-electron chi connectivity index (χ4n) is 3.50. The van der Waals surface area contributed by atoms with Crippen molar-refractivity contribution in [3.63, 3.8) is 0 Å². The molecule has 17 heavy (non-hydrogen) atoms. The maximum Gasteiger partial charge on any atom is 0.0754 e. The summed E-state index contributed by atoms with van der Waals surface area (Å²) in [7, 11) is 0. The molecule has 100 valence electrons. The molecule has 1 aliphatic carbocycles. The zero-order valence-electron chi connectivity index (χ0n) is 11.6. The molecular formula is C15H29NO. The molecule has 1 saturated heterocycles. The summed E-state index contributed by atoms with van der Waals surface area (Å²) in [5.41, 5.74) is 0. The fourth-order valence-corrected chi connectivity index (χ4v) is 3.50. The molecule has 1 aliphatic heterocycles. The molecule has 0 bridgehead atoms. The first-order valence-corrected chi connectivity index (χ1v) is 7.66. The van der Waals surface area contributed by atoms with Crippen LogP contribution in [0.3, 0.4) is 0 Å². The summed E-state index contributed by atoms with van der Waals surface area (Å²) in [6.45, 7) is 6.72. The Morgan fingerprint density at radius 2 is 2.00 bits per heavy atom. The minimum absolute atomic E-state index is 0.474. The topological polar surface area (TPSA) is 21.3 Å². The monoisotopic (exact) mass is 239 g/mol. The lowest BCUT2D eigenvalue weighted by molar-refractivity contribution is 0.0529. The van der Waals surface area contributed by atoms with Gasteiger partial charge in [-0.2, -0.15) is 0 Å². The molecule has 2 heteroatoms. The minimum atomic E-state index is 0.474. The van der Waals surface area contributed by atoms with Crippen LogP contribution in [0, 0.1) is 11.8 Å². The normalized spacial score (nSPS) is 32.1. The Kier molecular flexibility index (Phi) is 5.30. The van der Waals surface area contributed by atoms with Gasteiger partial charge in [-0.3, -0.25) is 0 Å². The second-order valence-corrected chi connectivity index (χ2v) is 6.05. The van der Waals surface area contributed by atoms with Gasteiger partial charge in [0.25, 0.3) is 0 Å². The summed E-state index contributed by atoms with van der Waals surface area (Å²) >= 11 is 0. The van der Waals surface area contributed by atoms with E-state index in [4.69, 9.17) is 4.74 Å². The molecule has 2 fully saturated rings. The molecule has 1 N–H and O–H groups in total. The van der Waals surface area contributed by atoms with E-state index in [1.54, 1.807) is 0 Å².